The number of allylic oxidation sites excluding steroid dienone is 1. The van der Waals surface area contributed by atoms with Gasteiger partial charge in [0.1, 0.15) is 0 Å². The lowest BCUT2D eigenvalue weighted by molar-refractivity contribution is 0.0274. The normalized spacial score (nSPS) is 53.7. The summed E-state index contributed by atoms with van der Waals surface area (Å²) in [7, 11) is 0. The Bertz CT molecular complexity index is 319. The first-order valence-corrected chi connectivity index (χ1v) is 6.48. The fourth-order valence-corrected chi connectivity index (χ4v) is 5.19. The Morgan fingerprint density at radius 3 is 2.93 bits per heavy atom. The first kappa shape index (κ1) is 9.89. The highest BCUT2D eigenvalue weighted by atomic mass is 16.3. The average Bonchev–Trinajstić information content (AvgIpc) is 2.65. The largest absolute Gasteiger partial charge is 0.389 e. The minimum Gasteiger partial charge on any atom is -0.389 e. The van der Waals surface area contributed by atoms with Crippen molar-refractivity contribution in [1.29, 1.82) is 0 Å². The van der Waals surface area contributed by atoms with E-state index >= 15 is 0 Å². The Morgan fingerprint density at radius 1 is 1.33 bits per heavy atom. The lowest BCUT2D eigenvalue weighted by Gasteiger charge is -2.48. The molecule has 0 radical (unpaired) electrons. The van der Waals surface area contributed by atoms with Crippen LogP contribution < -0.4 is 0 Å². The van der Waals surface area contributed by atoms with Crippen LogP contribution in [0.25, 0.3) is 0 Å². The van der Waals surface area contributed by atoms with E-state index < -0.39 is 0 Å². The lowest BCUT2D eigenvalue weighted by atomic mass is 9.56. The molecule has 0 aliphatic heterocycles. The van der Waals surface area contributed by atoms with Gasteiger partial charge in [0.2, 0.25) is 0 Å². The predicted octanol–water partition coefficient (Wildman–Crippen LogP) is 3.28. The van der Waals surface area contributed by atoms with E-state index in [4.69, 9.17) is 0 Å². The van der Waals surface area contributed by atoms with Crippen LogP contribution in [0.5, 0.6) is 0 Å². The summed E-state index contributed by atoms with van der Waals surface area (Å²) in [5, 5.41) is 10.0. The van der Waals surface area contributed by atoms with Gasteiger partial charge < -0.3 is 5.11 Å². The summed E-state index contributed by atoms with van der Waals surface area (Å²) < 4.78 is 0. The van der Waals surface area contributed by atoms with Gasteiger partial charge in [-0.25, -0.2) is 0 Å². The van der Waals surface area contributed by atoms with Gasteiger partial charge in [-0.15, -0.1) is 0 Å². The summed E-state index contributed by atoms with van der Waals surface area (Å²) in [5.74, 6) is 0.818. The van der Waals surface area contributed by atoms with Crippen molar-refractivity contribution in [3.63, 3.8) is 0 Å². The molecule has 0 saturated heterocycles. The first-order chi connectivity index (χ1) is 7.11. The number of hydrogen-bond donors (Lipinski definition) is 1. The Labute approximate surface area is 92.6 Å². The molecule has 1 N–H and O–H groups in total. The van der Waals surface area contributed by atoms with Crippen LogP contribution in [0.1, 0.15) is 52.4 Å². The van der Waals surface area contributed by atoms with E-state index in [9.17, 15) is 5.11 Å². The SMILES string of the molecule is CC1=C[C@@H](O)C[C@]23CCC[C@]12CCC3C. The van der Waals surface area contributed by atoms with E-state index in [0.29, 0.717) is 10.8 Å². The van der Waals surface area contributed by atoms with Gasteiger partial charge in [0.25, 0.3) is 0 Å². The van der Waals surface area contributed by atoms with Gasteiger partial charge in [0.05, 0.1) is 6.10 Å². The van der Waals surface area contributed by atoms with Gasteiger partial charge >= 0.3 is 0 Å². The summed E-state index contributed by atoms with van der Waals surface area (Å²) in [6.07, 6.45) is 9.87. The minimum absolute atomic E-state index is 0.170. The van der Waals surface area contributed by atoms with Crippen molar-refractivity contribution in [3.8, 4) is 0 Å². The van der Waals surface area contributed by atoms with Crippen molar-refractivity contribution < 1.29 is 5.11 Å². The van der Waals surface area contributed by atoms with Gasteiger partial charge in [0, 0.05) is 0 Å². The number of aliphatic hydroxyl groups excluding tert-OH is 1. The van der Waals surface area contributed by atoms with Gasteiger partial charge in [-0.2, -0.15) is 0 Å². The fourth-order valence-electron chi connectivity index (χ4n) is 5.19. The van der Waals surface area contributed by atoms with Gasteiger partial charge in [-0.1, -0.05) is 25.0 Å². The fraction of sp³-hybridized carbons (Fsp3) is 0.857. The third-order valence-electron chi connectivity index (χ3n) is 5.90. The van der Waals surface area contributed by atoms with E-state index in [1.165, 1.54) is 37.7 Å². The van der Waals surface area contributed by atoms with Gasteiger partial charge in [-0.05, 0) is 55.8 Å². The van der Waals surface area contributed by atoms with Crippen molar-refractivity contribution in [2.24, 2.45) is 16.7 Å². The van der Waals surface area contributed by atoms with Gasteiger partial charge in [0.15, 0.2) is 0 Å². The molecular weight excluding hydrogens is 184 g/mol. The molecular formula is C14H22O. The van der Waals surface area contributed by atoms with Crippen molar-refractivity contribution in [2.75, 3.05) is 0 Å². The molecule has 15 heavy (non-hydrogen) atoms. The summed E-state index contributed by atoms with van der Waals surface area (Å²) in [4.78, 5) is 0. The zero-order chi connectivity index (χ0) is 10.7. The van der Waals surface area contributed by atoms with E-state index in [1.54, 1.807) is 0 Å². The summed E-state index contributed by atoms with van der Waals surface area (Å²) in [6.45, 7) is 4.68. The average molecular weight is 206 g/mol. The number of aliphatic hydroxyl groups is 1. The molecule has 84 valence electrons. The molecule has 3 aliphatic rings. The monoisotopic (exact) mass is 206 g/mol. The lowest BCUT2D eigenvalue weighted by Crippen LogP contribution is -2.43. The highest BCUT2D eigenvalue weighted by Crippen LogP contribution is 2.71. The van der Waals surface area contributed by atoms with Crippen LogP contribution in [0.3, 0.4) is 0 Å². The van der Waals surface area contributed by atoms with Crippen molar-refractivity contribution in [3.05, 3.63) is 11.6 Å². The maximum Gasteiger partial charge on any atom is 0.0729 e. The highest BCUT2D eigenvalue weighted by Gasteiger charge is 2.62. The molecule has 1 unspecified atom stereocenters. The molecule has 3 rings (SSSR count). The third kappa shape index (κ3) is 0.982. The Morgan fingerprint density at radius 2 is 2.13 bits per heavy atom. The smallest absolute Gasteiger partial charge is 0.0729 e. The zero-order valence-electron chi connectivity index (χ0n) is 9.92. The highest BCUT2D eigenvalue weighted by molar-refractivity contribution is 5.29. The second-order valence-corrected chi connectivity index (χ2v) is 6.15. The van der Waals surface area contributed by atoms with Crippen LogP contribution >= 0.6 is 0 Å². The number of hydrogen-bond acceptors (Lipinski definition) is 1. The van der Waals surface area contributed by atoms with Crippen molar-refractivity contribution in [1.82, 2.24) is 0 Å². The van der Waals surface area contributed by atoms with Gasteiger partial charge in [-0.3, -0.25) is 0 Å². The Balaban J connectivity index is 2.14. The van der Waals surface area contributed by atoms with Crippen LogP contribution in [0.4, 0.5) is 0 Å². The molecule has 0 aromatic rings. The standard InChI is InChI=1S/C14H22O/c1-10-4-7-13-5-3-6-14(10,13)9-12(15)8-11(13)2/h8,10,12,15H,3-7,9H2,1-2H3/t10?,12-,13+,14+/m1/s1. The zero-order valence-corrected chi connectivity index (χ0v) is 9.92. The summed E-state index contributed by atoms with van der Waals surface area (Å²) in [6, 6.07) is 0. The topological polar surface area (TPSA) is 20.2 Å². The van der Waals surface area contributed by atoms with Crippen LogP contribution in [0.15, 0.2) is 11.6 Å². The van der Waals surface area contributed by atoms with E-state index in [0.717, 1.165) is 12.3 Å². The van der Waals surface area contributed by atoms with E-state index in [1.807, 2.05) is 0 Å². The maximum atomic E-state index is 10.0. The Kier molecular flexibility index (Phi) is 1.90. The quantitative estimate of drug-likeness (QED) is 0.603. The molecule has 1 heteroatoms. The summed E-state index contributed by atoms with van der Waals surface area (Å²) in [5.41, 5.74) is 2.46. The molecule has 0 bridgehead atoms. The first-order valence-electron chi connectivity index (χ1n) is 6.48. The van der Waals surface area contributed by atoms with Crippen LogP contribution in [0, 0.1) is 16.7 Å². The van der Waals surface area contributed by atoms with E-state index in [-0.39, 0.29) is 6.10 Å². The predicted molar refractivity (Wildman–Crippen MR) is 61.5 cm³/mol. The molecule has 0 spiro atoms. The molecule has 0 aromatic heterocycles. The van der Waals surface area contributed by atoms with Crippen LogP contribution in [-0.2, 0) is 0 Å². The molecule has 3 aliphatic carbocycles. The molecule has 0 amide bonds. The maximum absolute atomic E-state index is 10.0. The summed E-state index contributed by atoms with van der Waals surface area (Å²) >= 11 is 0. The van der Waals surface area contributed by atoms with E-state index in [2.05, 4.69) is 19.9 Å². The second kappa shape index (κ2) is 2.88. The molecule has 0 heterocycles. The molecule has 2 fully saturated rings. The second-order valence-electron chi connectivity index (χ2n) is 6.15. The van der Waals surface area contributed by atoms with Crippen molar-refractivity contribution in [2.45, 2.75) is 58.5 Å². The molecule has 2 saturated carbocycles. The third-order valence-corrected chi connectivity index (χ3v) is 5.90. The van der Waals surface area contributed by atoms with Crippen LogP contribution in [-0.4, -0.2) is 11.2 Å². The minimum atomic E-state index is -0.170. The molecule has 0 aromatic carbocycles. The molecule has 4 atom stereocenters. The van der Waals surface area contributed by atoms with Crippen LogP contribution in [0.2, 0.25) is 0 Å². The molecule has 1 nitrogen and oxygen atoms in total. The van der Waals surface area contributed by atoms with Crippen molar-refractivity contribution >= 4 is 0 Å². The Hall–Kier alpha value is -0.300. The number of rotatable bonds is 0.